The van der Waals surface area contributed by atoms with Gasteiger partial charge in [0.25, 0.3) is 0 Å². The predicted molar refractivity (Wildman–Crippen MR) is 89.1 cm³/mol. The van der Waals surface area contributed by atoms with E-state index in [0.29, 0.717) is 6.61 Å². The minimum Gasteiger partial charge on any atom is -0.489 e. The molecule has 0 saturated heterocycles. The summed E-state index contributed by atoms with van der Waals surface area (Å²) in [5.41, 5.74) is 3.42. The summed E-state index contributed by atoms with van der Waals surface area (Å²) in [7, 11) is 0. The third-order valence-electron chi connectivity index (χ3n) is 3.48. The van der Waals surface area contributed by atoms with Gasteiger partial charge in [0, 0.05) is 22.2 Å². The molecule has 2 nitrogen and oxygen atoms in total. The third kappa shape index (κ3) is 4.23. The molecular formula is C18H22ClNO. The van der Waals surface area contributed by atoms with Crippen molar-refractivity contribution in [2.75, 3.05) is 6.54 Å². The van der Waals surface area contributed by atoms with Crippen LogP contribution in [0, 0.1) is 6.92 Å². The molecule has 1 unspecified atom stereocenters. The van der Waals surface area contributed by atoms with E-state index in [1.807, 2.05) is 30.3 Å². The van der Waals surface area contributed by atoms with Crippen molar-refractivity contribution < 1.29 is 4.74 Å². The topological polar surface area (TPSA) is 21.3 Å². The minimum absolute atomic E-state index is 0.260. The van der Waals surface area contributed by atoms with Gasteiger partial charge in [-0.3, -0.25) is 0 Å². The van der Waals surface area contributed by atoms with Crippen LogP contribution in [0.3, 0.4) is 0 Å². The highest BCUT2D eigenvalue weighted by Crippen LogP contribution is 2.28. The van der Waals surface area contributed by atoms with Crippen LogP contribution in [0.4, 0.5) is 0 Å². The lowest BCUT2D eigenvalue weighted by atomic mass is 10.0. The van der Waals surface area contributed by atoms with Crippen molar-refractivity contribution in [1.29, 1.82) is 0 Å². The van der Waals surface area contributed by atoms with Gasteiger partial charge in [0.1, 0.15) is 12.4 Å². The quantitative estimate of drug-likeness (QED) is 0.819. The molecule has 2 rings (SSSR count). The Labute approximate surface area is 132 Å². The molecule has 3 heteroatoms. The van der Waals surface area contributed by atoms with Crippen LogP contribution in [-0.2, 0) is 6.61 Å². The molecule has 0 aliphatic rings. The lowest BCUT2D eigenvalue weighted by Crippen LogP contribution is -2.18. The first kappa shape index (κ1) is 15.9. The molecule has 0 bridgehead atoms. The second-order valence-corrected chi connectivity index (χ2v) is 5.61. The standard InChI is InChI=1S/C18H22ClNO/c1-4-20-14(3)16-11-13(2)9-10-18(16)21-12-15-7-5-6-8-17(15)19/h5-11,14,20H,4,12H2,1-3H3. The van der Waals surface area contributed by atoms with Crippen LogP contribution < -0.4 is 10.1 Å². The number of ether oxygens (including phenoxy) is 1. The van der Waals surface area contributed by atoms with Gasteiger partial charge in [-0.05, 0) is 32.5 Å². The fraction of sp³-hybridized carbons (Fsp3) is 0.333. The molecule has 0 aliphatic heterocycles. The van der Waals surface area contributed by atoms with Gasteiger partial charge in [0.2, 0.25) is 0 Å². The van der Waals surface area contributed by atoms with E-state index < -0.39 is 0 Å². The van der Waals surface area contributed by atoms with Gasteiger partial charge in [0.15, 0.2) is 0 Å². The van der Waals surface area contributed by atoms with Gasteiger partial charge >= 0.3 is 0 Å². The van der Waals surface area contributed by atoms with Crippen molar-refractivity contribution in [3.05, 3.63) is 64.2 Å². The summed E-state index contributed by atoms with van der Waals surface area (Å²) in [5, 5.41) is 4.17. The lowest BCUT2D eigenvalue weighted by molar-refractivity contribution is 0.300. The fourth-order valence-electron chi connectivity index (χ4n) is 2.32. The fourth-order valence-corrected chi connectivity index (χ4v) is 2.52. The first-order valence-electron chi connectivity index (χ1n) is 7.32. The van der Waals surface area contributed by atoms with Crippen LogP contribution in [0.5, 0.6) is 5.75 Å². The van der Waals surface area contributed by atoms with Gasteiger partial charge in [-0.15, -0.1) is 0 Å². The number of rotatable bonds is 6. The number of nitrogens with one attached hydrogen (secondary N) is 1. The van der Waals surface area contributed by atoms with Crippen molar-refractivity contribution >= 4 is 11.6 Å². The van der Waals surface area contributed by atoms with E-state index >= 15 is 0 Å². The summed E-state index contributed by atoms with van der Waals surface area (Å²) in [6, 6.07) is 14.3. The molecule has 0 aliphatic carbocycles. The van der Waals surface area contributed by atoms with E-state index in [9.17, 15) is 0 Å². The Bertz CT molecular complexity index is 598. The number of aryl methyl sites for hydroxylation is 1. The summed E-state index contributed by atoms with van der Waals surface area (Å²) in [5.74, 6) is 0.911. The zero-order valence-corrected chi connectivity index (χ0v) is 13.6. The lowest BCUT2D eigenvalue weighted by Gasteiger charge is -2.18. The minimum atomic E-state index is 0.260. The second kappa shape index (κ2) is 7.48. The maximum Gasteiger partial charge on any atom is 0.124 e. The molecule has 112 valence electrons. The highest BCUT2D eigenvalue weighted by atomic mass is 35.5. The van der Waals surface area contributed by atoms with Crippen molar-refractivity contribution in [2.45, 2.75) is 33.4 Å². The Kier molecular flexibility index (Phi) is 5.66. The first-order chi connectivity index (χ1) is 10.1. The van der Waals surface area contributed by atoms with Crippen LogP contribution in [0.15, 0.2) is 42.5 Å². The largest absolute Gasteiger partial charge is 0.489 e. The molecule has 0 fully saturated rings. The van der Waals surface area contributed by atoms with E-state index in [1.54, 1.807) is 0 Å². The summed E-state index contributed by atoms with van der Waals surface area (Å²) < 4.78 is 6.00. The molecule has 2 aromatic carbocycles. The van der Waals surface area contributed by atoms with Crippen LogP contribution >= 0.6 is 11.6 Å². The summed E-state index contributed by atoms with van der Waals surface area (Å²) >= 11 is 6.18. The number of halogens is 1. The Morgan fingerprint density at radius 3 is 2.67 bits per heavy atom. The molecule has 0 saturated carbocycles. The molecule has 0 amide bonds. The Morgan fingerprint density at radius 2 is 1.95 bits per heavy atom. The summed E-state index contributed by atoms with van der Waals surface area (Å²) in [6.07, 6.45) is 0. The average Bonchev–Trinajstić information content (AvgIpc) is 2.47. The maximum absolute atomic E-state index is 6.18. The zero-order chi connectivity index (χ0) is 15.2. The van der Waals surface area contributed by atoms with Gasteiger partial charge in [-0.2, -0.15) is 0 Å². The van der Waals surface area contributed by atoms with Crippen molar-refractivity contribution in [1.82, 2.24) is 5.32 Å². The normalized spacial score (nSPS) is 12.2. The van der Waals surface area contributed by atoms with Crippen molar-refractivity contribution in [3.8, 4) is 5.75 Å². The van der Waals surface area contributed by atoms with E-state index in [1.165, 1.54) is 11.1 Å². The van der Waals surface area contributed by atoms with E-state index in [0.717, 1.165) is 22.9 Å². The third-order valence-corrected chi connectivity index (χ3v) is 3.85. The van der Waals surface area contributed by atoms with E-state index in [4.69, 9.17) is 16.3 Å². The zero-order valence-electron chi connectivity index (χ0n) is 12.8. The van der Waals surface area contributed by atoms with E-state index in [2.05, 4.69) is 38.2 Å². The van der Waals surface area contributed by atoms with Gasteiger partial charge in [-0.25, -0.2) is 0 Å². The predicted octanol–water partition coefficient (Wildman–Crippen LogP) is 4.90. The van der Waals surface area contributed by atoms with Crippen molar-refractivity contribution in [3.63, 3.8) is 0 Å². The number of benzene rings is 2. The van der Waals surface area contributed by atoms with Crippen LogP contribution in [0.2, 0.25) is 5.02 Å². The molecule has 0 heterocycles. The highest BCUT2D eigenvalue weighted by Gasteiger charge is 2.11. The first-order valence-corrected chi connectivity index (χ1v) is 7.69. The van der Waals surface area contributed by atoms with Crippen LogP contribution in [0.25, 0.3) is 0 Å². The van der Waals surface area contributed by atoms with Crippen LogP contribution in [-0.4, -0.2) is 6.54 Å². The molecular weight excluding hydrogens is 282 g/mol. The number of hydrogen-bond donors (Lipinski definition) is 1. The molecule has 21 heavy (non-hydrogen) atoms. The smallest absolute Gasteiger partial charge is 0.124 e. The second-order valence-electron chi connectivity index (χ2n) is 5.20. The van der Waals surface area contributed by atoms with E-state index in [-0.39, 0.29) is 6.04 Å². The Balaban J connectivity index is 2.18. The monoisotopic (exact) mass is 303 g/mol. The van der Waals surface area contributed by atoms with Gasteiger partial charge < -0.3 is 10.1 Å². The Morgan fingerprint density at radius 1 is 1.19 bits per heavy atom. The molecule has 1 N–H and O–H groups in total. The highest BCUT2D eigenvalue weighted by molar-refractivity contribution is 6.31. The molecule has 0 radical (unpaired) electrons. The molecule has 0 aromatic heterocycles. The molecule has 1 atom stereocenters. The molecule has 0 spiro atoms. The number of hydrogen-bond acceptors (Lipinski definition) is 2. The average molecular weight is 304 g/mol. The maximum atomic E-state index is 6.18. The van der Waals surface area contributed by atoms with Gasteiger partial charge in [-0.1, -0.05) is 54.4 Å². The molecule has 2 aromatic rings. The van der Waals surface area contributed by atoms with Gasteiger partial charge in [0.05, 0.1) is 0 Å². The SMILES string of the molecule is CCNC(C)c1cc(C)ccc1OCc1ccccc1Cl. The Hall–Kier alpha value is -1.51. The summed E-state index contributed by atoms with van der Waals surface area (Å²) in [4.78, 5) is 0. The van der Waals surface area contributed by atoms with Crippen molar-refractivity contribution in [2.24, 2.45) is 0 Å². The van der Waals surface area contributed by atoms with Crippen LogP contribution in [0.1, 0.15) is 36.6 Å². The summed E-state index contributed by atoms with van der Waals surface area (Å²) in [6.45, 7) is 7.77.